The normalized spacial score (nSPS) is 25.5. The summed E-state index contributed by atoms with van der Waals surface area (Å²) >= 11 is 2.30. The molecule has 0 bridgehead atoms. The average molecular weight is 546 g/mol. The maximum atomic E-state index is 13.3. The van der Waals surface area contributed by atoms with Gasteiger partial charge in [-0.3, -0.25) is 9.59 Å². The van der Waals surface area contributed by atoms with Crippen LogP contribution in [0.2, 0.25) is 0 Å². The number of esters is 1. The number of fused-ring (bicyclic) bond motifs is 2. The van der Waals surface area contributed by atoms with Gasteiger partial charge in [-0.1, -0.05) is 6.08 Å². The minimum absolute atomic E-state index is 0.0391. The van der Waals surface area contributed by atoms with E-state index in [0.29, 0.717) is 44.5 Å². The number of hydrogen-bond donors (Lipinski definition) is 1. The number of carbonyl (C=O) groups is 2. The Morgan fingerprint density at radius 1 is 1.38 bits per heavy atom. The Kier molecular flexibility index (Phi) is 6.89. The van der Waals surface area contributed by atoms with Gasteiger partial charge in [0, 0.05) is 38.9 Å². The monoisotopic (exact) mass is 546 g/mol. The van der Waals surface area contributed by atoms with E-state index in [1.54, 1.807) is 6.92 Å². The smallest absolute Gasteiger partial charge is 0.305 e. The van der Waals surface area contributed by atoms with E-state index in [1.807, 2.05) is 24.3 Å². The van der Waals surface area contributed by atoms with Gasteiger partial charge in [0.1, 0.15) is 5.75 Å². The van der Waals surface area contributed by atoms with Gasteiger partial charge in [-0.15, -0.1) is 0 Å². The first kappa shape index (κ1) is 22.8. The Morgan fingerprint density at radius 2 is 2.22 bits per heavy atom. The number of benzene rings is 1. The number of nitrogens with one attached hydrogen (secondary N) is 1. The molecule has 0 aromatic heterocycles. The van der Waals surface area contributed by atoms with Crippen molar-refractivity contribution in [2.24, 2.45) is 5.92 Å². The maximum Gasteiger partial charge on any atom is 0.305 e. The summed E-state index contributed by atoms with van der Waals surface area (Å²) < 4.78 is 12.0. The topological polar surface area (TPSA) is 88.4 Å². The van der Waals surface area contributed by atoms with Crippen LogP contribution < -0.4 is 10.1 Å². The van der Waals surface area contributed by atoms with Crippen molar-refractivity contribution in [3.63, 3.8) is 0 Å². The lowest BCUT2D eigenvalue weighted by atomic mass is 9.86. The second-order valence-corrected chi connectivity index (χ2v) is 9.87. The third kappa shape index (κ3) is 4.70. The van der Waals surface area contributed by atoms with Crippen molar-refractivity contribution in [1.82, 2.24) is 5.32 Å². The second-order valence-electron chi connectivity index (χ2n) is 8.62. The molecule has 1 amide bonds. The second kappa shape index (κ2) is 9.65. The van der Waals surface area contributed by atoms with Crippen LogP contribution in [0.5, 0.6) is 5.75 Å². The van der Waals surface area contributed by atoms with Crippen molar-refractivity contribution < 1.29 is 19.1 Å². The number of nitrogens with zero attached hydrogens (tertiary/aromatic N) is 1. The minimum Gasteiger partial charge on any atom is -0.493 e. The summed E-state index contributed by atoms with van der Waals surface area (Å²) in [6, 6.07) is 8.17. The molecule has 2 aliphatic carbocycles. The summed E-state index contributed by atoms with van der Waals surface area (Å²) in [5, 5.41) is 12.6. The van der Waals surface area contributed by atoms with Crippen molar-refractivity contribution in [2.45, 2.75) is 56.9 Å². The molecule has 1 aliphatic heterocycles. The number of hydrogen-bond acceptors (Lipinski definition) is 5. The predicted octanol–water partition coefficient (Wildman–Crippen LogP) is 4.33. The predicted molar refractivity (Wildman–Crippen MR) is 128 cm³/mol. The summed E-state index contributed by atoms with van der Waals surface area (Å²) in [7, 11) is 0. The molecule has 1 N–H and O–H groups in total. The molecular weight excluding hydrogens is 519 g/mol. The van der Waals surface area contributed by atoms with Crippen LogP contribution in [-0.2, 0) is 19.7 Å². The van der Waals surface area contributed by atoms with E-state index in [0.717, 1.165) is 33.3 Å². The van der Waals surface area contributed by atoms with E-state index >= 15 is 0 Å². The number of allylic oxidation sites excluding steroid dienone is 2. The summed E-state index contributed by atoms with van der Waals surface area (Å²) in [4.78, 5) is 25.0. The zero-order chi connectivity index (χ0) is 22.7. The largest absolute Gasteiger partial charge is 0.493 e. The SMILES string of the molecule is CCOC(=O)CCCC1=CC=C(C#N)CC1NC(=O)[C@@H]1CC12CCOc1ccc(I)cc12. The van der Waals surface area contributed by atoms with E-state index in [4.69, 9.17) is 9.47 Å². The summed E-state index contributed by atoms with van der Waals surface area (Å²) in [5.74, 6) is 0.641. The number of carbonyl (C=O) groups excluding carboxylic acids is 2. The van der Waals surface area contributed by atoms with Crippen molar-refractivity contribution in [2.75, 3.05) is 13.2 Å². The van der Waals surface area contributed by atoms with Gasteiger partial charge >= 0.3 is 5.97 Å². The number of ether oxygens (including phenoxy) is 2. The lowest BCUT2D eigenvalue weighted by Gasteiger charge is -2.28. The molecule has 1 aromatic carbocycles. The Morgan fingerprint density at radius 3 is 3.00 bits per heavy atom. The molecule has 168 valence electrons. The van der Waals surface area contributed by atoms with E-state index in [1.165, 1.54) is 0 Å². The molecule has 2 unspecified atom stereocenters. The lowest BCUT2D eigenvalue weighted by molar-refractivity contribution is -0.143. The van der Waals surface area contributed by atoms with Crippen LogP contribution in [0.1, 0.15) is 51.0 Å². The fraction of sp³-hybridized carbons (Fsp3) is 0.480. The highest BCUT2D eigenvalue weighted by Gasteiger charge is 2.61. The van der Waals surface area contributed by atoms with Crippen LogP contribution >= 0.6 is 22.6 Å². The van der Waals surface area contributed by atoms with Gasteiger partial charge in [0.15, 0.2) is 0 Å². The first-order valence-electron chi connectivity index (χ1n) is 11.2. The van der Waals surface area contributed by atoms with Crippen molar-refractivity contribution >= 4 is 34.5 Å². The van der Waals surface area contributed by atoms with Gasteiger partial charge in [0.25, 0.3) is 0 Å². The quantitative estimate of drug-likeness (QED) is 0.407. The molecule has 0 radical (unpaired) electrons. The molecule has 1 saturated carbocycles. The summed E-state index contributed by atoms with van der Waals surface area (Å²) in [6.45, 7) is 2.80. The number of rotatable bonds is 7. The Labute approximate surface area is 202 Å². The lowest BCUT2D eigenvalue weighted by Crippen LogP contribution is -2.40. The van der Waals surface area contributed by atoms with E-state index in [-0.39, 0.29) is 29.3 Å². The molecule has 1 aromatic rings. The fourth-order valence-corrected chi connectivity index (χ4v) is 5.38. The van der Waals surface area contributed by atoms with Gasteiger partial charge < -0.3 is 14.8 Å². The van der Waals surface area contributed by atoms with E-state index in [9.17, 15) is 14.9 Å². The standard InChI is InChI=1S/C25H27IN2O4/c1-2-31-23(29)5-3-4-17-7-6-16(15-27)12-21(17)28-24(30)20-14-25(20)10-11-32-22-9-8-18(26)13-19(22)25/h6-9,13,20-21H,2-5,10-12,14H2,1H3,(H,28,30)/t20-,21?,25?/m0/s1. The molecule has 6 nitrogen and oxygen atoms in total. The van der Waals surface area contributed by atoms with Crippen LogP contribution in [0, 0.1) is 20.8 Å². The molecule has 3 aliphatic rings. The third-order valence-electron chi connectivity index (χ3n) is 6.66. The minimum atomic E-state index is -0.211. The molecule has 4 rings (SSSR count). The van der Waals surface area contributed by atoms with Crippen LogP contribution in [0.15, 0.2) is 41.5 Å². The van der Waals surface area contributed by atoms with Crippen molar-refractivity contribution in [3.05, 3.63) is 50.6 Å². The highest BCUT2D eigenvalue weighted by molar-refractivity contribution is 14.1. The molecule has 3 atom stereocenters. The summed E-state index contributed by atoms with van der Waals surface area (Å²) in [6.07, 6.45) is 7.59. The van der Waals surface area contributed by atoms with E-state index < -0.39 is 0 Å². The first-order valence-corrected chi connectivity index (χ1v) is 12.2. The van der Waals surface area contributed by atoms with Gasteiger partial charge in [-0.2, -0.15) is 5.26 Å². The summed E-state index contributed by atoms with van der Waals surface area (Å²) in [5.41, 5.74) is 2.70. The molecule has 7 heteroatoms. The average Bonchev–Trinajstić information content (AvgIpc) is 3.50. The highest BCUT2D eigenvalue weighted by atomic mass is 127. The van der Waals surface area contributed by atoms with Crippen LogP contribution in [0.4, 0.5) is 0 Å². The third-order valence-corrected chi connectivity index (χ3v) is 7.33. The van der Waals surface area contributed by atoms with Gasteiger partial charge in [-0.05, 0) is 85.0 Å². The molecule has 1 spiro atoms. The molecule has 1 fully saturated rings. The van der Waals surface area contributed by atoms with Crippen LogP contribution in [0.3, 0.4) is 0 Å². The fourth-order valence-electron chi connectivity index (χ4n) is 4.89. The highest BCUT2D eigenvalue weighted by Crippen LogP contribution is 2.61. The van der Waals surface area contributed by atoms with Gasteiger partial charge in [0.05, 0.1) is 25.3 Å². The van der Waals surface area contributed by atoms with Gasteiger partial charge in [0.2, 0.25) is 5.91 Å². The van der Waals surface area contributed by atoms with Crippen LogP contribution in [-0.4, -0.2) is 31.1 Å². The van der Waals surface area contributed by atoms with Crippen LogP contribution in [0.25, 0.3) is 0 Å². The zero-order valence-electron chi connectivity index (χ0n) is 18.2. The maximum absolute atomic E-state index is 13.3. The molecule has 1 heterocycles. The Hall–Kier alpha value is -2.34. The number of nitriles is 1. The molecule has 0 saturated heterocycles. The Balaban J connectivity index is 1.43. The van der Waals surface area contributed by atoms with Crippen molar-refractivity contribution in [3.8, 4) is 11.8 Å². The van der Waals surface area contributed by atoms with Crippen molar-refractivity contribution in [1.29, 1.82) is 5.26 Å². The first-order chi connectivity index (χ1) is 15.5. The van der Waals surface area contributed by atoms with Gasteiger partial charge in [-0.25, -0.2) is 0 Å². The number of halogens is 1. The molecule has 32 heavy (non-hydrogen) atoms. The van der Waals surface area contributed by atoms with E-state index in [2.05, 4.69) is 40.0 Å². The zero-order valence-corrected chi connectivity index (χ0v) is 20.3. The Bertz CT molecular complexity index is 1030. The number of amides is 1. The molecular formula is C25H27IN2O4.